The molecule has 0 aliphatic carbocycles. The minimum absolute atomic E-state index is 0. The minimum Gasteiger partial charge on any atom is -0.512 e. The van der Waals surface area contributed by atoms with Gasteiger partial charge in [-0.2, -0.15) is 0 Å². The van der Waals surface area contributed by atoms with Crippen molar-refractivity contribution in [2.75, 3.05) is 0 Å². The summed E-state index contributed by atoms with van der Waals surface area (Å²) < 4.78 is 12.2. The van der Waals surface area contributed by atoms with Crippen molar-refractivity contribution in [1.29, 1.82) is 0 Å². The first-order valence-corrected chi connectivity index (χ1v) is 16.0. The summed E-state index contributed by atoms with van der Waals surface area (Å²) >= 11 is 0. The Balaban J connectivity index is 0.000000137. The average Bonchev–Trinajstić information content (AvgIpc) is 3.84. The number of hydrogen-bond donors (Lipinski definition) is 0. The number of rotatable bonds is 2. The molecular formula is C42H32IrN4O+. The summed E-state index contributed by atoms with van der Waals surface area (Å²) in [5, 5.41) is 4.60. The Hall–Kier alpha value is -5.03. The Morgan fingerprint density at radius 1 is 0.729 bits per heavy atom. The number of benzene rings is 5. The van der Waals surface area contributed by atoms with E-state index in [0.29, 0.717) is 0 Å². The van der Waals surface area contributed by atoms with Crippen molar-refractivity contribution in [2.45, 2.75) is 38.5 Å². The second-order valence-electron chi connectivity index (χ2n) is 13.3. The van der Waals surface area contributed by atoms with Crippen LogP contribution in [0.1, 0.15) is 39.0 Å². The van der Waals surface area contributed by atoms with E-state index in [2.05, 4.69) is 116 Å². The number of imidazole rings is 2. The molecule has 6 heteroatoms. The Kier molecular flexibility index (Phi) is 6.96. The van der Waals surface area contributed by atoms with Gasteiger partial charge in [0.25, 0.3) is 6.33 Å². The van der Waals surface area contributed by atoms with Gasteiger partial charge in [0.1, 0.15) is 0 Å². The number of para-hydroxylation sites is 4. The van der Waals surface area contributed by atoms with Gasteiger partial charge >= 0.3 is 20.1 Å². The molecule has 5 heterocycles. The van der Waals surface area contributed by atoms with Gasteiger partial charge in [-0.15, -0.1) is 53.9 Å². The van der Waals surface area contributed by atoms with E-state index >= 15 is 0 Å². The predicted octanol–water partition coefficient (Wildman–Crippen LogP) is 9.26. The van der Waals surface area contributed by atoms with E-state index in [9.17, 15) is 0 Å². The summed E-state index contributed by atoms with van der Waals surface area (Å²) in [4.78, 5) is 4.79. The van der Waals surface area contributed by atoms with E-state index in [4.69, 9.17) is 9.40 Å². The number of aromatic nitrogens is 4. The normalized spacial score (nSPS) is 14.4. The van der Waals surface area contributed by atoms with Gasteiger partial charge < -0.3 is 8.82 Å². The van der Waals surface area contributed by atoms with Gasteiger partial charge in [-0.25, -0.2) is 0 Å². The molecule has 0 fully saturated rings. The molecule has 5 nitrogen and oxygen atoms in total. The molecule has 9 aromatic rings. The first-order chi connectivity index (χ1) is 22.9. The summed E-state index contributed by atoms with van der Waals surface area (Å²) in [6.45, 7) is 9.37. The Bertz CT molecular complexity index is 2640. The van der Waals surface area contributed by atoms with Gasteiger partial charge in [0, 0.05) is 33.8 Å². The third-order valence-corrected chi connectivity index (χ3v) is 10.5. The summed E-state index contributed by atoms with van der Waals surface area (Å²) in [6, 6.07) is 43.9. The van der Waals surface area contributed by atoms with Crippen LogP contribution in [-0.2, 0) is 30.9 Å². The maximum absolute atomic E-state index is 5.69. The molecule has 0 N–H and O–H groups in total. The smallest absolute Gasteiger partial charge is 0.512 e. The van der Waals surface area contributed by atoms with E-state index in [1.54, 1.807) is 6.26 Å². The molecule has 5 aromatic carbocycles. The van der Waals surface area contributed by atoms with E-state index < -0.39 is 0 Å². The van der Waals surface area contributed by atoms with E-state index in [-0.39, 0.29) is 30.9 Å². The van der Waals surface area contributed by atoms with Crippen molar-refractivity contribution in [1.82, 2.24) is 14.0 Å². The quantitative estimate of drug-likeness (QED) is 0.0995. The number of fused-ring (bicyclic) bond motifs is 5. The zero-order chi connectivity index (χ0) is 31.9. The average molecular weight is 801 g/mol. The Morgan fingerprint density at radius 2 is 1.46 bits per heavy atom. The largest absolute Gasteiger partial charge is 3.00 e. The third kappa shape index (κ3) is 4.19. The van der Waals surface area contributed by atoms with Crippen LogP contribution in [0.3, 0.4) is 0 Å². The molecule has 0 amide bonds. The molecule has 1 aliphatic heterocycles. The molecule has 0 saturated carbocycles. The van der Waals surface area contributed by atoms with Crippen molar-refractivity contribution < 1.29 is 29.1 Å². The van der Waals surface area contributed by atoms with Gasteiger partial charge in [0.05, 0.1) is 34.3 Å². The van der Waals surface area contributed by atoms with Crippen LogP contribution in [0.2, 0.25) is 0 Å². The molecule has 0 bridgehead atoms. The molecule has 0 saturated heterocycles. The SMILES string of the molecule is CC1(C)c2cccc3c4ccc[c-]c4c4ncc(n4c23)C1(C)C.[Ir+3].[c-]1cccc2occ(-n3[c-][n+](-c4ccccc4)c4ccccc43)c12. The van der Waals surface area contributed by atoms with Crippen LogP contribution < -0.4 is 4.57 Å². The molecule has 1 aliphatic rings. The van der Waals surface area contributed by atoms with Gasteiger partial charge in [-0.1, -0.05) is 99.1 Å². The van der Waals surface area contributed by atoms with Crippen LogP contribution in [0.25, 0.3) is 60.7 Å². The number of pyridine rings is 1. The second-order valence-corrected chi connectivity index (χ2v) is 13.3. The van der Waals surface area contributed by atoms with E-state index in [1.165, 1.54) is 27.5 Å². The van der Waals surface area contributed by atoms with Crippen LogP contribution in [-0.4, -0.2) is 14.0 Å². The van der Waals surface area contributed by atoms with Crippen molar-refractivity contribution in [3.05, 3.63) is 151 Å². The fourth-order valence-corrected chi connectivity index (χ4v) is 7.27. The number of furan rings is 1. The van der Waals surface area contributed by atoms with Gasteiger partial charge in [0.15, 0.2) is 0 Å². The van der Waals surface area contributed by atoms with Crippen molar-refractivity contribution in [3.8, 4) is 11.4 Å². The first kappa shape index (κ1) is 30.3. The van der Waals surface area contributed by atoms with Crippen molar-refractivity contribution in [3.63, 3.8) is 0 Å². The van der Waals surface area contributed by atoms with Crippen LogP contribution in [0.15, 0.2) is 126 Å². The van der Waals surface area contributed by atoms with E-state index in [0.717, 1.165) is 44.4 Å². The second kappa shape index (κ2) is 11.0. The van der Waals surface area contributed by atoms with Gasteiger partial charge in [0.2, 0.25) is 0 Å². The summed E-state index contributed by atoms with van der Waals surface area (Å²) in [5.74, 6) is 0. The standard InChI is InChI=1S/C21H13N2O.C21H19N2.Ir/c1-2-8-16(9-3-1)22-15-23(19-12-6-5-11-18(19)22)20-14-24-21-13-7-4-10-17(20)21;1-20(2)16-11-7-10-14-13-8-5-6-9-15(13)19-22-12-17(21(20,3)4)23(19)18(14)16;/h1-9,11-14H;5-8,10-12H,1-4H3;/q2*-1;+3. The molecular weight excluding hydrogens is 769 g/mol. The molecule has 0 unspecified atom stereocenters. The minimum atomic E-state index is 0. The zero-order valence-electron chi connectivity index (χ0n) is 27.1. The number of nitrogens with zero attached hydrogens (tertiary/aromatic N) is 4. The Morgan fingerprint density at radius 3 is 2.29 bits per heavy atom. The Labute approximate surface area is 292 Å². The molecule has 4 aromatic heterocycles. The fourth-order valence-electron chi connectivity index (χ4n) is 7.27. The molecule has 0 radical (unpaired) electrons. The van der Waals surface area contributed by atoms with Crippen LogP contribution in [0.4, 0.5) is 0 Å². The van der Waals surface area contributed by atoms with Gasteiger partial charge in [-0.3, -0.25) is 14.1 Å². The maximum Gasteiger partial charge on any atom is 3.00 e. The fraction of sp³-hybridized carbons (Fsp3) is 0.143. The predicted molar refractivity (Wildman–Crippen MR) is 187 cm³/mol. The van der Waals surface area contributed by atoms with Gasteiger partial charge in [-0.05, 0) is 23.1 Å². The molecule has 10 rings (SSSR count). The van der Waals surface area contributed by atoms with Crippen molar-refractivity contribution in [2.24, 2.45) is 0 Å². The summed E-state index contributed by atoms with van der Waals surface area (Å²) in [6.07, 6.45) is 7.28. The van der Waals surface area contributed by atoms with Crippen LogP contribution in [0, 0.1) is 18.5 Å². The maximum atomic E-state index is 5.69. The third-order valence-electron chi connectivity index (χ3n) is 10.5. The summed E-state index contributed by atoms with van der Waals surface area (Å²) in [5.41, 5.74) is 10.1. The van der Waals surface area contributed by atoms with Crippen LogP contribution in [0.5, 0.6) is 0 Å². The topological polar surface area (TPSA) is 39.3 Å². The molecule has 0 spiro atoms. The molecule has 48 heavy (non-hydrogen) atoms. The van der Waals surface area contributed by atoms with Crippen LogP contribution >= 0.6 is 0 Å². The molecule has 234 valence electrons. The van der Waals surface area contributed by atoms with E-state index in [1.807, 2.05) is 59.2 Å². The van der Waals surface area contributed by atoms with Crippen molar-refractivity contribution >= 4 is 49.3 Å². The monoisotopic (exact) mass is 801 g/mol. The number of hydrogen-bond acceptors (Lipinski definition) is 2. The summed E-state index contributed by atoms with van der Waals surface area (Å²) in [7, 11) is 0. The molecule has 0 atom stereocenters. The zero-order valence-corrected chi connectivity index (χ0v) is 29.5. The first-order valence-electron chi connectivity index (χ1n) is 16.0.